The molecule has 2 aromatic carbocycles. The minimum Gasteiger partial charge on any atom is -0.476 e. The van der Waals surface area contributed by atoms with E-state index in [0.717, 1.165) is 5.56 Å². The first-order valence-corrected chi connectivity index (χ1v) is 8.33. The molecular formula is C19H19N3O5. The van der Waals surface area contributed by atoms with E-state index in [0.29, 0.717) is 17.1 Å². The molecule has 1 aliphatic rings. The van der Waals surface area contributed by atoms with Crippen molar-refractivity contribution in [2.45, 2.75) is 26.4 Å². The lowest BCUT2D eigenvalue weighted by atomic mass is 10.0. The van der Waals surface area contributed by atoms with E-state index in [9.17, 15) is 19.7 Å². The first kappa shape index (κ1) is 18.4. The molecule has 27 heavy (non-hydrogen) atoms. The highest BCUT2D eigenvalue weighted by Crippen LogP contribution is 2.38. The summed E-state index contributed by atoms with van der Waals surface area (Å²) in [6.45, 7) is 5.00. The van der Waals surface area contributed by atoms with Gasteiger partial charge < -0.3 is 10.1 Å². The van der Waals surface area contributed by atoms with Gasteiger partial charge in [-0.1, -0.05) is 6.07 Å². The van der Waals surface area contributed by atoms with Gasteiger partial charge in [-0.3, -0.25) is 24.6 Å². The number of anilines is 2. The molecule has 0 bridgehead atoms. The molecule has 0 aromatic heterocycles. The Kier molecular flexibility index (Phi) is 4.57. The van der Waals surface area contributed by atoms with Crippen LogP contribution < -0.4 is 15.0 Å². The van der Waals surface area contributed by atoms with E-state index < -0.39 is 16.4 Å². The van der Waals surface area contributed by atoms with Gasteiger partial charge in [-0.05, 0) is 50.6 Å². The van der Waals surface area contributed by atoms with E-state index in [1.165, 1.54) is 29.2 Å². The molecule has 0 spiro atoms. The zero-order valence-electron chi connectivity index (χ0n) is 15.2. The number of rotatable bonds is 4. The molecule has 2 amide bonds. The Labute approximate surface area is 155 Å². The van der Waals surface area contributed by atoms with Crippen LogP contribution in [0, 0.1) is 17.0 Å². The Hall–Kier alpha value is -3.42. The van der Waals surface area contributed by atoms with Gasteiger partial charge in [0.1, 0.15) is 12.3 Å². The first-order valence-electron chi connectivity index (χ1n) is 8.33. The topological polar surface area (TPSA) is 102 Å². The predicted molar refractivity (Wildman–Crippen MR) is 100.0 cm³/mol. The first-order chi connectivity index (χ1) is 12.7. The van der Waals surface area contributed by atoms with Gasteiger partial charge in [0.25, 0.3) is 11.6 Å². The normalized spacial score (nSPS) is 14.9. The highest BCUT2D eigenvalue weighted by molar-refractivity contribution is 6.07. The lowest BCUT2D eigenvalue weighted by molar-refractivity contribution is -0.384. The number of amides is 2. The quantitative estimate of drug-likeness (QED) is 0.659. The highest BCUT2D eigenvalue weighted by atomic mass is 16.6. The Morgan fingerprint density at radius 3 is 2.52 bits per heavy atom. The van der Waals surface area contributed by atoms with Crippen molar-refractivity contribution in [3.05, 3.63) is 58.1 Å². The molecule has 0 fully saturated rings. The molecule has 1 aliphatic heterocycles. The molecule has 3 rings (SSSR count). The Bertz CT molecular complexity index is 921. The third kappa shape index (κ3) is 3.74. The second-order valence-electron chi connectivity index (χ2n) is 6.83. The molecule has 140 valence electrons. The number of nitro benzene ring substituents is 1. The Morgan fingerprint density at radius 1 is 1.22 bits per heavy atom. The summed E-state index contributed by atoms with van der Waals surface area (Å²) in [4.78, 5) is 36.8. The minimum absolute atomic E-state index is 0.0671. The van der Waals surface area contributed by atoms with Crippen LogP contribution in [0.25, 0.3) is 0 Å². The number of benzene rings is 2. The molecule has 2 aromatic rings. The second-order valence-corrected chi connectivity index (χ2v) is 6.83. The number of ether oxygens (including phenoxy) is 1. The van der Waals surface area contributed by atoms with Crippen LogP contribution in [0.2, 0.25) is 0 Å². The van der Waals surface area contributed by atoms with Gasteiger partial charge in [0, 0.05) is 17.8 Å². The second kappa shape index (κ2) is 6.71. The lowest BCUT2D eigenvalue weighted by Gasteiger charge is -2.38. The third-order valence-electron chi connectivity index (χ3n) is 4.19. The molecule has 8 nitrogen and oxygen atoms in total. The fraction of sp³-hybridized carbons (Fsp3) is 0.263. The Balaban J connectivity index is 1.81. The van der Waals surface area contributed by atoms with E-state index >= 15 is 0 Å². The number of carbonyl (C=O) groups excluding carboxylic acids is 2. The highest BCUT2D eigenvalue weighted by Gasteiger charge is 2.41. The van der Waals surface area contributed by atoms with Crippen LogP contribution in [0.5, 0.6) is 5.75 Å². The monoisotopic (exact) mass is 369 g/mol. The van der Waals surface area contributed by atoms with Gasteiger partial charge in [0.15, 0.2) is 5.60 Å². The molecular weight excluding hydrogens is 350 g/mol. The van der Waals surface area contributed by atoms with E-state index in [1.807, 2.05) is 13.0 Å². The number of fused-ring (bicyclic) bond motifs is 1. The molecule has 0 aliphatic carbocycles. The summed E-state index contributed by atoms with van der Waals surface area (Å²) in [5.41, 5.74) is 0.733. The van der Waals surface area contributed by atoms with E-state index in [2.05, 4.69) is 5.32 Å². The number of nitrogens with zero attached hydrogens (tertiary/aromatic N) is 2. The van der Waals surface area contributed by atoms with Gasteiger partial charge in [-0.2, -0.15) is 0 Å². The maximum Gasteiger partial charge on any atom is 0.271 e. The summed E-state index contributed by atoms with van der Waals surface area (Å²) in [5.74, 6) is -0.199. The van der Waals surface area contributed by atoms with Crippen molar-refractivity contribution >= 4 is 28.9 Å². The molecule has 8 heteroatoms. The maximum atomic E-state index is 12.8. The number of nitro groups is 1. The minimum atomic E-state index is -1.09. The van der Waals surface area contributed by atoms with Crippen molar-refractivity contribution in [2.75, 3.05) is 16.8 Å². The van der Waals surface area contributed by atoms with Crippen molar-refractivity contribution in [1.82, 2.24) is 0 Å². The number of hydrogen-bond acceptors (Lipinski definition) is 5. The number of aryl methyl sites for hydroxylation is 1. The van der Waals surface area contributed by atoms with Gasteiger partial charge in [-0.15, -0.1) is 0 Å². The summed E-state index contributed by atoms with van der Waals surface area (Å²) in [6, 6.07) is 10.9. The fourth-order valence-electron chi connectivity index (χ4n) is 2.85. The van der Waals surface area contributed by atoms with Gasteiger partial charge in [0.05, 0.1) is 10.6 Å². The molecule has 1 N–H and O–H groups in total. The fourth-order valence-corrected chi connectivity index (χ4v) is 2.85. The molecule has 1 heterocycles. The summed E-state index contributed by atoms with van der Waals surface area (Å²) in [5, 5.41) is 13.4. The van der Waals surface area contributed by atoms with Crippen molar-refractivity contribution in [3.8, 4) is 5.75 Å². The summed E-state index contributed by atoms with van der Waals surface area (Å²) in [6.07, 6.45) is 0. The van der Waals surface area contributed by atoms with Crippen molar-refractivity contribution < 1.29 is 19.2 Å². The average Bonchev–Trinajstić information content (AvgIpc) is 2.60. The number of nitrogens with one attached hydrogen (secondary N) is 1. The van der Waals surface area contributed by atoms with Crippen LogP contribution in [0.3, 0.4) is 0 Å². The smallest absolute Gasteiger partial charge is 0.271 e. The molecule has 0 saturated heterocycles. The van der Waals surface area contributed by atoms with Crippen LogP contribution in [-0.4, -0.2) is 28.9 Å². The van der Waals surface area contributed by atoms with Crippen molar-refractivity contribution in [2.24, 2.45) is 0 Å². The van der Waals surface area contributed by atoms with Crippen LogP contribution in [-0.2, 0) is 9.59 Å². The molecule has 0 radical (unpaired) electrons. The van der Waals surface area contributed by atoms with Crippen molar-refractivity contribution in [1.29, 1.82) is 0 Å². The number of hydrogen-bond donors (Lipinski definition) is 1. The third-order valence-corrected chi connectivity index (χ3v) is 4.19. The van der Waals surface area contributed by atoms with Gasteiger partial charge >= 0.3 is 0 Å². The lowest BCUT2D eigenvalue weighted by Crippen LogP contribution is -2.54. The van der Waals surface area contributed by atoms with Gasteiger partial charge in [0.2, 0.25) is 5.91 Å². The molecule has 0 atom stereocenters. The summed E-state index contributed by atoms with van der Waals surface area (Å²) < 4.78 is 5.77. The number of carbonyl (C=O) groups is 2. The van der Waals surface area contributed by atoms with E-state index in [-0.39, 0.29) is 18.1 Å². The number of non-ortho nitro benzene ring substituents is 1. The standard InChI is InChI=1S/C19H19N3O5/c1-12-4-9-16-15(10-12)21(18(24)19(2,3)27-16)11-17(23)20-13-5-7-14(8-6-13)22(25)26/h4-10H,11H2,1-3H3,(H,20,23). The predicted octanol–water partition coefficient (Wildman–Crippen LogP) is 3.05. The van der Waals surface area contributed by atoms with Crippen LogP contribution in [0.15, 0.2) is 42.5 Å². The van der Waals surface area contributed by atoms with E-state index in [1.54, 1.807) is 26.0 Å². The SMILES string of the molecule is Cc1ccc2c(c1)N(CC(=O)Nc1ccc([N+](=O)[O-])cc1)C(=O)C(C)(C)O2. The largest absolute Gasteiger partial charge is 0.476 e. The zero-order valence-corrected chi connectivity index (χ0v) is 15.2. The van der Waals surface area contributed by atoms with Crippen LogP contribution in [0.4, 0.5) is 17.1 Å². The van der Waals surface area contributed by atoms with E-state index in [4.69, 9.17) is 4.74 Å². The van der Waals surface area contributed by atoms with Crippen LogP contribution >= 0.6 is 0 Å². The summed E-state index contributed by atoms with van der Waals surface area (Å²) in [7, 11) is 0. The zero-order chi connectivity index (χ0) is 19.8. The molecule has 0 saturated carbocycles. The van der Waals surface area contributed by atoms with Crippen molar-refractivity contribution in [3.63, 3.8) is 0 Å². The molecule has 0 unspecified atom stereocenters. The summed E-state index contributed by atoms with van der Waals surface area (Å²) >= 11 is 0. The van der Waals surface area contributed by atoms with Crippen LogP contribution in [0.1, 0.15) is 19.4 Å². The van der Waals surface area contributed by atoms with Gasteiger partial charge in [-0.25, -0.2) is 0 Å². The Morgan fingerprint density at radius 2 is 1.89 bits per heavy atom. The average molecular weight is 369 g/mol. The maximum absolute atomic E-state index is 12.8.